The lowest BCUT2D eigenvalue weighted by atomic mass is 10.1. The van der Waals surface area contributed by atoms with Crippen LogP contribution in [-0.2, 0) is 11.2 Å². The van der Waals surface area contributed by atoms with Crippen molar-refractivity contribution < 1.29 is 9.53 Å². The molecule has 0 unspecified atom stereocenters. The van der Waals surface area contributed by atoms with Crippen molar-refractivity contribution in [2.45, 2.75) is 13.3 Å². The first-order valence-electron chi connectivity index (χ1n) is 8.51. The normalized spacial score (nSPS) is 11.1. The Morgan fingerprint density at radius 2 is 2.07 bits per heavy atom. The number of aryl methyl sites for hydroxylation is 1. The van der Waals surface area contributed by atoms with Gasteiger partial charge in [-0.2, -0.15) is 0 Å². The van der Waals surface area contributed by atoms with Crippen molar-refractivity contribution >= 4 is 45.8 Å². The lowest BCUT2D eigenvalue weighted by Crippen LogP contribution is -2.04. The molecule has 136 valence electrons. The van der Waals surface area contributed by atoms with Gasteiger partial charge < -0.3 is 10.1 Å². The second-order valence-electron chi connectivity index (χ2n) is 6.07. The standard InChI is InChI=1S/C20H17ClN4O2/c1-3-14-11-25-18(22-14)16-8-7-12(19(26)27-2)9-17(16)24-20(25)23-15-6-4-5-13(21)10-15/h4-11H,3H2,1-2H3,(H,23,24). The van der Waals surface area contributed by atoms with Gasteiger partial charge in [0.05, 0.1) is 23.9 Å². The van der Waals surface area contributed by atoms with Crippen LogP contribution in [0.1, 0.15) is 23.0 Å². The van der Waals surface area contributed by atoms with Gasteiger partial charge in [0.15, 0.2) is 0 Å². The smallest absolute Gasteiger partial charge is 0.337 e. The summed E-state index contributed by atoms with van der Waals surface area (Å²) in [4.78, 5) is 21.3. The Hall–Kier alpha value is -3.12. The first-order valence-corrected chi connectivity index (χ1v) is 8.89. The summed E-state index contributed by atoms with van der Waals surface area (Å²) in [5, 5.41) is 4.78. The van der Waals surface area contributed by atoms with Gasteiger partial charge in [0.25, 0.3) is 0 Å². The van der Waals surface area contributed by atoms with E-state index in [0.717, 1.165) is 28.8 Å². The Kier molecular flexibility index (Phi) is 4.41. The molecule has 0 radical (unpaired) electrons. The third kappa shape index (κ3) is 3.19. The van der Waals surface area contributed by atoms with Crippen molar-refractivity contribution in [3.8, 4) is 0 Å². The summed E-state index contributed by atoms with van der Waals surface area (Å²) in [6.45, 7) is 2.05. The number of carbonyl (C=O) groups is 1. The number of esters is 1. The molecule has 2 aromatic heterocycles. The number of ether oxygens (including phenoxy) is 1. The van der Waals surface area contributed by atoms with Crippen molar-refractivity contribution in [1.82, 2.24) is 14.4 Å². The van der Waals surface area contributed by atoms with E-state index in [1.54, 1.807) is 12.1 Å². The molecule has 27 heavy (non-hydrogen) atoms. The SMILES string of the molecule is CCc1cn2c(Nc3cccc(Cl)c3)nc3cc(C(=O)OC)ccc3c2n1. The molecule has 0 spiro atoms. The lowest BCUT2D eigenvalue weighted by molar-refractivity contribution is 0.0601. The highest BCUT2D eigenvalue weighted by atomic mass is 35.5. The topological polar surface area (TPSA) is 68.5 Å². The summed E-state index contributed by atoms with van der Waals surface area (Å²) in [5.41, 5.74) is 3.64. The lowest BCUT2D eigenvalue weighted by Gasteiger charge is -2.11. The molecule has 0 bridgehead atoms. The molecule has 0 aliphatic heterocycles. The third-order valence-electron chi connectivity index (χ3n) is 4.31. The van der Waals surface area contributed by atoms with Gasteiger partial charge in [-0.05, 0) is 42.8 Å². The predicted octanol–water partition coefficient (Wildman–Crippen LogP) is 4.63. The zero-order chi connectivity index (χ0) is 19.0. The average Bonchev–Trinajstić information content (AvgIpc) is 3.12. The van der Waals surface area contributed by atoms with Crippen molar-refractivity contribution in [3.63, 3.8) is 0 Å². The van der Waals surface area contributed by atoms with E-state index >= 15 is 0 Å². The monoisotopic (exact) mass is 380 g/mol. The van der Waals surface area contributed by atoms with E-state index in [2.05, 4.69) is 12.2 Å². The number of fused-ring (bicyclic) bond motifs is 3. The number of benzene rings is 2. The zero-order valence-electron chi connectivity index (χ0n) is 14.9. The number of hydrogen-bond acceptors (Lipinski definition) is 5. The second kappa shape index (κ2) is 6.89. The maximum Gasteiger partial charge on any atom is 0.337 e. The van der Waals surface area contributed by atoms with Crippen LogP contribution < -0.4 is 5.32 Å². The van der Waals surface area contributed by atoms with Crippen LogP contribution in [-0.4, -0.2) is 27.4 Å². The molecule has 0 saturated heterocycles. The molecule has 0 amide bonds. The number of aromatic nitrogens is 3. The fourth-order valence-electron chi connectivity index (χ4n) is 2.96. The first kappa shape index (κ1) is 17.3. The summed E-state index contributed by atoms with van der Waals surface area (Å²) in [7, 11) is 1.36. The van der Waals surface area contributed by atoms with Crippen molar-refractivity contribution in [3.05, 3.63) is 64.9 Å². The highest BCUT2D eigenvalue weighted by Crippen LogP contribution is 2.26. The Morgan fingerprint density at radius 1 is 1.22 bits per heavy atom. The van der Waals surface area contributed by atoms with E-state index in [1.165, 1.54) is 7.11 Å². The van der Waals surface area contributed by atoms with Gasteiger partial charge in [-0.15, -0.1) is 0 Å². The van der Waals surface area contributed by atoms with Crippen LogP contribution in [0, 0.1) is 0 Å². The number of hydrogen-bond donors (Lipinski definition) is 1. The van der Waals surface area contributed by atoms with Crippen LogP contribution in [0.2, 0.25) is 5.02 Å². The van der Waals surface area contributed by atoms with E-state index in [1.807, 2.05) is 40.9 Å². The van der Waals surface area contributed by atoms with E-state index in [-0.39, 0.29) is 0 Å². The fourth-order valence-corrected chi connectivity index (χ4v) is 3.15. The summed E-state index contributed by atoms with van der Waals surface area (Å²) in [5.74, 6) is 0.189. The summed E-state index contributed by atoms with van der Waals surface area (Å²) in [6, 6.07) is 12.7. The molecule has 6 nitrogen and oxygen atoms in total. The fraction of sp³-hybridized carbons (Fsp3) is 0.150. The molecule has 0 atom stereocenters. The minimum atomic E-state index is -0.402. The largest absolute Gasteiger partial charge is 0.465 e. The molecule has 2 aromatic carbocycles. The van der Waals surface area contributed by atoms with E-state index < -0.39 is 5.97 Å². The van der Waals surface area contributed by atoms with Crippen LogP contribution in [0.25, 0.3) is 16.6 Å². The molecule has 7 heteroatoms. The molecule has 0 fully saturated rings. The van der Waals surface area contributed by atoms with E-state index in [9.17, 15) is 4.79 Å². The van der Waals surface area contributed by atoms with Crippen LogP contribution in [0.4, 0.5) is 11.6 Å². The summed E-state index contributed by atoms with van der Waals surface area (Å²) >= 11 is 6.09. The minimum absolute atomic E-state index is 0.402. The van der Waals surface area contributed by atoms with Gasteiger partial charge in [-0.3, -0.25) is 4.40 Å². The molecule has 0 saturated carbocycles. The number of nitrogens with zero attached hydrogens (tertiary/aromatic N) is 3. The molecular formula is C20H17ClN4O2. The first-order chi connectivity index (χ1) is 13.1. The quantitative estimate of drug-likeness (QED) is 0.523. The molecule has 0 aliphatic rings. The van der Waals surface area contributed by atoms with E-state index in [4.69, 9.17) is 26.3 Å². The number of halogens is 1. The van der Waals surface area contributed by atoms with Gasteiger partial charge in [-0.1, -0.05) is 24.6 Å². The number of carbonyl (C=O) groups excluding carboxylic acids is 1. The molecule has 4 rings (SSSR count). The van der Waals surface area contributed by atoms with Crippen molar-refractivity contribution in [2.75, 3.05) is 12.4 Å². The number of anilines is 2. The van der Waals surface area contributed by atoms with Gasteiger partial charge in [0.2, 0.25) is 5.95 Å². The number of nitrogens with one attached hydrogen (secondary N) is 1. The minimum Gasteiger partial charge on any atom is -0.465 e. The maximum absolute atomic E-state index is 11.9. The van der Waals surface area contributed by atoms with Gasteiger partial charge in [0, 0.05) is 22.3 Å². The van der Waals surface area contributed by atoms with Crippen molar-refractivity contribution in [2.24, 2.45) is 0 Å². The van der Waals surface area contributed by atoms with Crippen LogP contribution in [0.5, 0.6) is 0 Å². The van der Waals surface area contributed by atoms with Gasteiger partial charge in [-0.25, -0.2) is 14.8 Å². The Morgan fingerprint density at radius 3 is 2.81 bits per heavy atom. The third-order valence-corrected chi connectivity index (χ3v) is 4.55. The summed E-state index contributed by atoms with van der Waals surface area (Å²) in [6.07, 6.45) is 2.77. The molecule has 1 N–H and O–H groups in total. The molecule has 4 aromatic rings. The van der Waals surface area contributed by atoms with Gasteiger partial charge in [0.1, 0.15) is 5.65 Å². The van der Waals surface area contributed by atoms with Gasteiger partial charge >= 0.3 is 5.97 Å². The number of imidazole rings is 1. The molecule has 2 heterocycles. The van der Waals surface area contributed by atoms with E-state index in [0.29, 0.717) is 22.1 Å². The van der Waals surface area contributed by atoms with Crippen LogP contribution in [0.15, 0.2) is 48.7 Å². The predicted molar refractivity (Wildman–Crippen MR) is 106 cm³/mol. The Bertz CT molecular complexity index is 1170. The molecule has 0 aliphatic carbocycles. The Balaban J connectivity index is 1.93. The number of rotatable bonds is 4. The van der Waals surface area contributed by atoms with Crippen LogP contribution >= 0.6 is 11.6 Å². The highest BCUT2D eigenvalue weighted by Gasteiger charge is 2.14. The average molecular weight is 381 g/mol. The number of methoxy groups -OCH3 is 1. The Labute approximate surface area is 160 Å². The summed E-state index contributed by atoms with van der Waals surface area (Å²) < 4.78 is 6.73. The van der Waals surface area contributed by atoms with Crippen LogP contribution in [0.3, 0.4) is 0 Å². The second-order valence-corrected chi connectivity index (χ2v) is 6.51. The maximum atomic E-state index is 11.9. The molecular weight excluding hydrogens is 364 g/mol. The highest BCUT2D eigenvalue weighted by molar-refractivity contribution is 6.30. The van der Waals surface area contributed by atoms with Crippen molar-refractivity contribution in [1.29, 1.82) is 0 Å². The zero-order valence-corrected chi connectivity index (χ0v) is 15.6.